The summed E-state index contributed by atoms with van der Waals surface area (Å²) in [5.74, 6) is 0.726. The van der Waals surface area contributed by atoms with E-state index in [-0.39, 0.29) is 6.04 Å². The summed E-state index contributed by atoms with van der Waals surface area (Å²) in [5.41, 5.74) is 3.05. The minimum absolute atomic E-state index is 0.180. The van der Waals surface area contributed by atoms with Gasteiger partial charge in [-0.3, -0.25) is 0 Å². The zero-order valence-electron chi connectivity index (χ0n) is 10.8. The fraction of sp³-hybridized carbons (Fsp3) is 0.333. The SMILES string of the molecule is CC(Nc1nc2c(cc1C#N)CCC2)c1cccs1. The molecule has 0 saturated carbocycles. The van der Waals surface area contributed by atoms with Crippen LogP contribution in [0.1, 0.15) is 41.1 Å². The number of hydrogen-bond acceptors (Lipinski definition) is 4. The first-order chi connectivity index (χ1) is 9.28. The van der Waals surface area contributed by atoms with Crippen molar-refractivity contribution in [1.29, 1.82) is 5.26 Å². The number of anilines is 1. The molecule has 1 atom stereocenters. The van der Waals surface area contributed by atoms with Gasteiger partial charge < -0.3 is 5.32 Å². The second-order valence-electron chi connectivity index (χ2n) is 4.84. The van der Waals surface area contributed by atoms with Gasteiger partial charge in [0.25, 0.3) is 0 Å². The Morgan fingerprint density at radius 1 is 1.47 bits per heavy atom. The zero-order valence-corrected chi connectivity index (χ0v) is 11.6. The smallest absolute Gasteiger partial charge is 0.144 e. The molecule has 0 amide bonds. The van der Waals surface area contributed by atoms with E-state index in [1.807, 2.05) is 12.1 Å². The molecule has 0 aromatic carbocycles. The van der Waals surface area contributed by atoms with Crippen LogP contribution in [-0.4, -0.2) is 4.98 Å². The van der Waals surface area contributed by atoms with Gasteiger partial charge in [-0.15, -0.1) is 11.3 Å². The van der Waals surface area contributed by atoms with E-state index in [4.69, 9.17) is 0 Å². The van der Waals surface area contributed by atoms with E-state index in [2.05, 4.69) is 34.7 Å². The van der Waals surface area contributed by atoms with Gasteiger partial charge in [0.1, 0.15) is 11.9 Å². The number of hydrogen-bond donors (Lipinski definition) is 1. The molecule has 1 aliphatic carbocycles. The molecule has 96 valence electrons. The van der Waals surface area contributed by atoms with Gasteiger partial charge in [-0.05, 0) is 49.3 Å². The van der Waals surface area contributed by atoms with Crippen LogP contribution in [0.2, 0.25) is 0 Å². The van der Waals surface area contributed by atoms with E-state index in [0.717, 1.165) is 30.8 Å². The lowest BCUT2D eigenvalue weighted by atomic mass is 10.1. The number of pyridine rings is 1. The maximum atomic E-state index is 9.27. The summed E-state index contributed by atoms with van der Waals surface area (Å²) in [7, 11) is 0. The average Bonchev–Trinajstić information content (AvgIpc) is 3.08. The van der Waals surface area contributed by atoms with E-state index in [0.29, 0.717) is 5.56 Å². The van der Waals surface area contributed by atoms with Crippen molar-refractivity contribution in [3.63, 3.8) is 0 Å². The van der Waals surface area contributed by atoms with Crippen LogP contribution in [0.25, 0.3) is 0 Å². The number of fused-ring (bicyclic) bond motifs is 1. The van der Waals surface area contributed by atoms with Crippen LogP contribution in [0.5, 0.6) is 0 Å². The van der Waals surface area contributed by atoms with Gasteiger partial charge in [-0.2, -0.15) is 5.26 Å². The molecule has 0 aliphatic heterocycles. The van der Waals surface area contributed by atoms with Crippen molar-refractivity contribution in [2.24, 2.45) is 0 Å². The summed E-state index contributed by atoms with van der Waals surface area (Å²) in [6.45, 7) is 2.10. The molecule has 3 nitrogen and oxygen atoms in total. The standard InChI is InChI=1S/C15H15N3S/c1-10(14-6-3-7-19-14)17-15-12(9-16)8-11-4-2-5-13(11)18-15/h3,6-8,10H,2,4-5H2,1H3,(H,17,18). The molecule has 1 unspecified atom stereocenters. The van der Waals surface area contributed by atoms with Gasteiger partial charge in [0.05, 0.1) is 11.6 Å². The molecule has 3 rings (SSSR count). The lowest BCUT2D eigenvalue weighted by molar-refractivity contribution is 0.880. The Labute approximate surface area is 116 Å². The molecule has 0 radical (unpaired) electrons. The van der Waals surface area contributed by atoms with Crippen LogP contribution in [0, 0.1) is 11.3 Å². The lowest BCUT2D eigenvalue weighted by Gasteiger charge is -2.15. The monoisotopic (exact) mass is 269 g/mol. The van der Waals surface area contributed by atoms with E-state index in [9.17, 15) is 5.26 Å². The maximum absolute atomic E-state index is 9.27. The van der Waals surface area contributed by atoms with Crippen LogP contribution in [0.4, 0.5) is 5.82 Å². The minimum atomic E-state index is 0.180. The first kappa shape index (κ1) is 12.2. The van der Waals surface area contributed by atoms with Crippen LogP contribution in [-0.2, 0) is 12.8 Å². The van der Waals surface area contributed by atoms with Crippen molar-refractivity contribution in [1.82, 2.24) is 4.98 Å². The molecule has 2 heterocycles. The van der Waals surface area contributed by atoms with E-state index >= 15 is 0 Å². The Balaban J connectivity index is 1.90. The predicted molar refractivity (Wildman–Crippen MR) is 77.3 cm³/mol. The second kappa shape index (κ2) is 5.02. The van der Waals surface area contributed by atoms with Crippen LogP contribution in [0.3, 0.4) is 0 Å². The number of aryl methyl sites for hydroxylation is 2. The Morgan fingerprint density at radius 2 is 2.37 bits per heavy atom. The lowest BCUT2D eigenvalue weighted by Crippen LogP contribution is -2.09. The summed E-state index contributed by atoms with van der Waals surface area (Å²) in [6.07, 6.45) is 3.23. The van der Waals surface area contributed by atoms with Gasteiger partial charge in [0.2, 0.25) is 0 Å². The first-order valence-corrected chi connectivity index (χ1v) is 7.38. The van der Waals surface area contributed by atoms with Crippen LogP contribution >= 0.6 is 11.3 Å². The molecular weight excluding hydrogens is 254 g/mol. The molecule has 1 aliphatic rings. The molecule has 0 fully saturated rings. The van der Waals surface area contributed by atoms with Crippen molar-refractivity contribution >= 4 is 17.2 Å². The predicted octanol–water partition coefficient (Wildman–Crippen LogP) is 3.68. The number of nitriles is 1. The quantitative estimate of drug-likeness (QED) is 0.924. The number of nitrogens with one attached hydrogen (secondary N) is 1. The molecule has 2 aromatic heterocycles. The molecule has 0 spiro atoms. The second-order valence-corrected chi connectivity index (χ2v) is 5.82. The van der Waals surface area contributed by atoms with Crippen molar-refractivity contribution in [3.8, 4) is 6.07 Å². The fourth-order valence-corrected chi connectivity index (χ4v) is 3.22. The summed E-state index contributed by atoms with van der Waals surface area (Å²) in [4.78, 5) is 5.90. The van der Waals surface area contributed by atoms with Gasteiger partial charge >= 0.3 is 0 Å². The van der Waals surface area contributed by atoms with Gasteiger partial charge in [0, 0.05) is 10.6 Å². The summed E-state index contributed by atoms with van der Waals surface area (Å²) in [6, 6.07) is 8.57. The van der Waals surface area contributed by atoms with Gasteiger partial charge in [-0.1, -0.05) is 6.07 Å². The molecule has 4 heteroatoms. The Morgan fingerprint density at radius 3 is 3.11 bits per heavy atom. The van der Waals surface area contributed by atoms with Crippen molar-refractivity contribution in [3.05, 3.63) is 45.3 Å². The molecule has 0 bridgehead atoms. The van der Waals surface area contributed by atoms with Crippen molar-refractivity contribution in [2.45, 2.75) is 32.2 Å². The third-order valence-electron chi connectivity index (χ3n) is 3.49. The maximum Gasteiger partial charge on any atom is 0.144 e. The molecular formula is C15H15N3S. The third kappa shape index (κ3) is 2.34. The molecule has 1 N–H and O–H groups in total. The van der Waals surface area contributed by atoms with Crippen molar-refractivity contribution in [2.75, 3.05) is 5.32 Å². The van der Waals surface area contributed by atoms with E-state index in [1.165, 1.54) is 10.4 Å². The Hall–Kier alpha value is -1.86. The molecule has 2 aromatic rings. The minimum Gasteiger partial charge on any atom is -0.362 e. The van der Waals surface area contributed by atoms with Crippen LogP contribution < -0.4 is 5.32 Å². The number of rotatable bonds is 3. The number of aromatic nitrogens is 1. The fourth-order valence-electron chi connectivity index (χ4n) is 2.48. The average molecular weight is 269 g/mol. The highest BCUT2D eigenvalue weighted by Crippen LogP contribution is 2.28. The normalized spacial score (nSPS) is 14.7. The summed E-state index contributed by atoms with van der Waals surface area (Å²) < 4.78 is 0. The number of thiophene rings is 1. The Bertz CT molecular complexity index is 626. The first-order valence-electron chi connectivity index (χ1n) is 6.51. The highest BCUT2D eigenvalue weighted by Gasteiger charge is 2.17. The Kier molecular flexibility index (Phi) is 3.22. The van der Waals surface area contributed by atoms with E-state index < -0.39 is 0 Å². The van der Waals surface area contributed by atoms with Crippen LogP contribution in [0.15, 0.2) is 23.6 Å². The largest absolute Gasteiger partial charge is 0.362 e. The molecule has 19 heavy (non-hydrogen) atoms. The topological polar surface area (TPSA) is 48.7 Å². The summed E-state index contributed by atoms with van der Waals surface area (Å²) >= 11 is 1.72. The van der Waals surface area contributed by atoms with E-state index in [1.54, 1.807) is 11.3 Å². The third-order valence-corrected chi connectivity index (χ3v) is 4.55. The zero-order chi connectivity index (χ0) is 13.2. The molecule has 0 saturated heterocycles. The highest BCUT2D eigenvalue weighted by atomic mass is 32.1. The van der Waals surface area contributed by atoms with Gasteiger partial charge in [0.15, 0.2) is 0 Å². The van der Waals surface area contributed by atoms with Crippen molar-refractivity contribution < 1.29 is 0 Å². The number of nitrogens with zero attached hydrogens (tertiary/aromatic N) is 2. The van der Waals surface area contributed by atoms with Gasteiger partial charge in [-0.25, -0.2) is 4.98 Å². The summed E-state index contributed by atoms with van der Waals surface area (Å²) in [5, 5.41) is 14.7. The highest BCUT2D eigenvalue weighted by molar-refractivity contribution is 7.10.